The van der Waals surface area contributed by atoms with Crippen LogP contribution in [-0.4, -0.2) is 46.0 Å². The van der Waals surface area contributed by atoms with Crippen LogP contribution >= 0.6 is 11.6 Å². The summed E-state index contributed by atoms with van der Waals surface area (Å²) >= 11 is 5.96. The third-order valence-corrected chi connectivity index (χ3v) is 4.69. The molecule has 26 heavy (non-hydrogen) atoms. The second-order valence-electron chi connectivity index (χ2n) is 7.25. The molecule has 0 spiro atoms. The second-order valence-corrected chi connectivity index (χ2v) is 7.61. The number of aromatic nitrogens is 2. The van der Waals surface area contributed by atoms with Gasteiger partial charge in [0.25, 0.3) is 0 Å². The van der Waals surface area contributed by atoms with Gasteiger partial charge >= 0.3 is 0 Å². The van der Waals surface area contributed by atoms with E-state index < -0.39 is 5.79 Å². The average Bonchev–Trinajstić information content (AvgIpc) is 2.97. The molecular formula is C17H28ClN5O3. The van der Waals surface area contributed by atoms with Crippen LogP contribution in [0.5, 0.6) is 0 Å². The number of ether oxygens (including phenoxy) is 2. The van der Waals surface area contributed by atoms with Gasteiger partial charge in [0, 0.05) is 6.04 Å². The summed E-state index contributed by atoms with van der Waals surface area (Å²) in [6, 6.07) is -0.118. The predicted octanol–water partition coefficient (Wildman–Crippen LogP) is 2.19. The Labute approximate surface area is 159 Å². The van der Waals surface area contributed by atoms with Crippen molar-refractivity contribution in [3.05, 3.63) is 11.5 Å². The number of amides is 1. The highest BCUT2D eigenvalue weighted by molar-refractivity contribution is 6.32. The first kappa shape index (κ1) is 20.7. The summed E-state index contributed by atoms with van der Waals surface area (Å²) in [4.78, 5) is 20.6. The summed E-state index contributed by atoms with van der Waals surface area (Å²) in [5, 5.41) is 6.39. The molecule has 0 bridgehead atoms. The summed E-state index contributed by atoms with van der Waals surface area (Å²) in [7, 11) is 0. The van der Waals surface area contributed by atoms with Crippen molar-refractivity contribution in [1.29, 1.82) is 0 Å². The van der Waals surface area contributed by atoms with E-state index in [1.54, 1.807) is 0 Å². The maximum Gasteiger partial charge on any atom is 0.226 e. The first-order chi connectivity index (χ1) is 11.7. The molecule has 1 aromatic rings. The molecule has 146 valence electrons. The number of carbonyl (C=O) groups excluding carboxylic acids is 1. The molecule has 0 aromatic carbocycles. The van der Waals surface area contributed by atoms with E-state index in [1.807, 2.05) is 27.7 Å². The predicted molar refractivity (Wildman–Crippen MR) is 101 cm³/mol. The molecule has 4 N–H and O–H groups in total. The van der Waals surface area contributed by atoms with Crippen molar-refractivity contribution in [2.45, 2.75) is 71.6 Å². The Morgan fingerprint density at radius 1 is 1.35 bits per heavy atom. The Kier molecular flexibility index (Phi) is 5.99. The second kappa shape index (κ2) is 7.54. The van der Waals surface area contributed by atoms with Gasteiger partial charge in [-0.1, -0.05) is 19.0 Å². The van der Waals surface area contributed by atoms with Gasteiger partial charge in [-0.05, 0) is 34.1 Å². The van der Waals surface area contributed by atoms with Crippen molar-refractivity contribution in [3.8, 4) is 0 Å². The van der Waals surface area contributed by atoms with Crippen molar-refractivity contribution < 1.29 is 14.3 Å². The van der Waals surface area contributed by atoms with Crippen LogP contribution in [0, 0.1) is 5.92 Å². The summed E-state index contributed by atoms with van der Waals surface area (Å²) in [5.41, 5.74) is 6.21. The molecule has 1 saturated heterocycles. The zero-order chi connectivity index (χ0) is 18.4. The standard InChI is InChI=1S/C16H24ClN5O3.CH4/c1-7(2)21-15(23)8-5-9(12-11(8)24-16(3,4)25-12)22-14-10(18)13(17)19-6-20-14;/h6-9,11-12H,5,18H2,1-4H3,(H,21,23)(H,19,20,22);1H4/t8-,9+,11+,12-;/m0./s1. The molecule has 0 unspecified atom stereocenters. The van der Waals surface area contributed by atoms with Gasteiger partial charge in [0.1, 0.15) is 24.2 Å². The Hall–Kier alpha value is -1.64. The minimum Gasteiger partial charge on any atom is -0.393 e. The highest BCUT2D eigenvalue weighted by Crippen LogP contribution is 2.43. The maximum atomic E-state index is 12.6. The lowest BCUT2D eigenvalue weighted by Gasteiger charge is -2.24. The lowest BCUT2D eigenvalue weighted by molar-refractivity contribution is -0.160. The number of anilines is 2. The molecule has 2 aliphatic rings. The van der Waals surface area contributed by atoms with Crippen LogP contribution in [0.15, 0.2) is 6.33 Å². The highest BCUT2D eigenvalue weighted by atomic mass is 35.5. The van der Waals surface area contributed by atoms with Crippen molar-refractivity contribution in [3.63, 3.8) is 0 Å². The number of fused-ring (bicyclic) bond motifs is 1. The quantitative estimate of drug-likeness (QED) is 0.681. The molecule has 1 aliphatic carbocycles. The molecule has 1 amide bonds. The van der Waals surface area contributed by atoms with Gasteiger partial charge < -0.3 is 25.8 Å². The van der Waals surface area contributed by atoms with E-state index >= 15 is 0 Å². The summed E-state index contributed by atoms with van der Waals surface area (Å²) < 4.78 is 12.0. The minimum absolute atomic E-state index is 0. The molecular weight excluding hydrogens is 358 g/mol. The fourth-order valence-corrected chi connectivity index (χ4v) is 3.57. The Morgan fingerprint density at radius 2 is 2.00 bits per heavy atom. The fourth-order valence-electron chi connectivity index (χ4n) is 3.43. The van der Waals surface area contributed by atoms with Crippen LogP contribution in [0.25, 0.3) is 0 Å². The number of rotatable bonds is 4. The third kappa shape index (κ3) is 4.02. The van der Waals surface area contributed by atoms with E-state index in [-0.39, 0.29) is 54.4 Å². The van der Waals surface area contributed by atoms with Gasteiger partial charge in [-0.25, -0.2) is 9.97 Å². The number of halogens is 1. The van der Waals surface area contributed by atoms with Crippen LogP contribution < -0.4 is 16.4 Å². The van der Waals surface area contributed by atoms with Crippen molar-refractivity contribution in [2.75, 3.05) is 11.1 Å². The molecule has 3 rings (SSSR count). The third-order valence-electron chi connectivity index (χ3n) is 4.39. The van der Waals surface area contributed by atoms with Crippen molar-refractivity contribution in [2.24, 2.45) is 5.92 Å². The zero-order valence-electron chi connectivity index (χ0n) is 14.7. The lowest BCUT2D eigenvalue weighted by atomic mass is 10.0. The van der Waals surface area contributed by atoms with Crippen LogP contribution in [0.3, 0.4) is 0 Å². The van der Waals surface area contributed by atoms with Crippen molar-refractivity contribution >= 4 is 29.0 Å². The van der Waals surface area contributed by atoms with E-state index in [0.717, 1.165) is 0 Å². The summed E-state index contributed by atoms with van der Waals surface area (Å²) in [6.07, 6.45) is 1.27. The van der Waals surface area contributed by atoms with Gasteiger partial charge in [0.15, 0.2) is 16.8 Å². The molecule has 1 aliphatic heterocycles. The molecule has 0 radical (unpaired) electrons. The zero-order valence-corrected chi connectivity index (χ0v) is 15.5. The molecule has 9 heteroatoms. The van der Waals surface area contributed by atoms with Gasteiger partial charge in [0.05, 0.1) is 12.0 Å². The molecule has 2 fully saturated rings. The van der Waals surface area contributed by atoms with Gasteiger partial charge in [-0.2, -0.15) is 0 Å². The maximum absolute atomic E-state index is 12.6. The number of hydrogen-bond donors (Lipinski definition) is 3. The molecule has 2 heterocycles. The first-order valence-corrected chi connectivity index (χ1v) is 8.74. The van der Waals surface area contributed by atoms with Crippen LogP contribution in [0.2, 0.25) is 5.15 Å². The highest BCUT2D eigenvalue weighted by Gasteiger charge is 2.56. The van der Waals surface area contributed by atoms with Gasteiger partial charge in [-0.15, -0.1) is 0 Å². The Balaban J connectivity index is 0.00000243. The van der Waals surface area contributed by atoms with E-state index in [0.29, 0.717) is 12.2 Å². The first-order valence-electron chi connectivity index (χ1n) is 8.36. The minimum atomic E-state index is -0.749. The van der Waals surface area contributed by atoms with Crippen LogP contribution in [0.1, 0.15) is 41.5 Å². The van der Waals surface area contributed by atoms with Crippen LogP contribution in [0.4, 0.5) is 11.5 Å². The smallest absolute Gasteiger partial charge is 0.226 e. The van der Waals surface area contributed by atoms with E-state index in [4.69, 9.17) is 26.8 Å². The average molecular weight is 386 g/mol. The SMILES string of the molecule is C.CC(C)NC(=O)[C@H]1C[C@@H](Nc2ncnc(Cl)c2N)[C@@H]2OC(C)(C)O[C@@H]21. The van der Waals surface area contributed by atoms with E-state index in [1.165, 1.54) is 6.33 Å². The monoisotopic (exact) mass is 385 g/mol. The van der Waals surface area contributed by atoms with Crippen molar-refractivity contribution in [1.82, 2.24) is 15.3 Å². The number of carbonyl (C=O) groups is 1. The topological polar surface area (TPSA) is 111 Å². The molecule has 4 atom stereocenters. The number of nitrogens with zero attached hydrogens (tertiary/aromatic N) is 2. The van der Waals surface area contributed by atoms with Gasteiger partial charge in [0.2, 0.25) is 5.91 Å². The number of nitrogens with one attached hydrogen (secondary N) is 2. The largest absolute Gasteiger partial charge is 0.393 e. The van der Waals surface area contributed by atoms with E-state index in [9.17, 15) is 4.79 Å². The van der Waals surface area contributed by atoms with Gasteiger partial charge in [-0.3, -0.25) is 4.79 Å². The Bertz CT molecular complexity index is 670. The number of hydrogen-bond acceptors (Lipinski definition) is 7. The lowest BCUT2D eigenvalue weighted by Crippen LogP contribution is -2.40. The summed E-state index contributed by atoms with van der Waals surface area (Å²) in [5.74, 6) is -0.669. The summed E-state index contributed by atoms with van der Waals surface area (Å²) in [6.45, 7) is 7.55. The number of nitrogens with two attached hydrogens (primary N) is 1. The number of nitrogen functional groups attached to an aromatic ring is 1. The van der Waals surface area contributed by atoms with Crippen LogP contribution in [-0.2, 0) is 14.3 Å². The molecule has 1 saturated carbocycles. The molecule has 8 nitrogen and oxygen atoms in total. The fraction of sp³-hybridized carbons (Fsp3) is 0.706. The van der Waals surface area contributed by atoms with E-state index in [2.05, 4.69) is 20.6 Å². The molecule has 1 aromatic heterocycles. The Morgan fingerprint density at radius 3 is 2.65 bits per heavy atom. The normalized spacial score (nSPS) is 29.2.